The van der Waals surface area contributed by atoms with Gasteiger partial charge >= 0.3 is 12.1 Å². The molecule has 1 fully saturated rings. The van der Waals surface area contributed by atoms with Crippen LogP contribution in [-0.4, -0.2) is 52.2 Å². The molecule has 1 aromatic heterocycles. The highest BCUT2D eigenvalue weighted by atomic mass is 16.5. The fourth-order valence-electron chi connectivity index (χ4n) is 4.56. The number of carbonyl (C=O) groups excluding carboxylic acids is 2. The Balaban J connectivity index is 1.17. The predicted molar refractivity (Wildman–Crippen MR) is 129 cm³/mol. The zero-order valence-electron chi connectivity index (χ0n) is 19.0. The normalized spacial score (nSPS) is 14.1. The number of carboxylic acid groups (broad SMARTS) is 1. The third kappa shape index (κ3) is 5.01. The molecule has 2 N–H and O–H groups in total. The zero-order chi connectivity index (χ0) is 24.4. The van der Waals surface area contributed by atoms with Gasteiger partial charge in [0.1, 0.15) is 13.2 Å². The predicted octanol–water partition coefficient (Wildman–Crippen LogP) is 4.06. The summed E-state index contributed by atoms with van der Waals surface area (Å²) in [6.07, 6.45) is 2.54. The standard InChI is InChI=1S/C27H25N3O5/c31-25(30(15-26(32)33)19-11-12-19)13-17-9-10-18(14-28-17)29-27(34)35-16-24-22-7-3-1-5-20(22)21-6-2-4-8-23(21)24/h1-10,14,19,24H,11-13,15-16H2,(H,29,34)(H,32,33). The summed E-state index contributed by atoms with van der Waals surface area (Å²) in [5.74, 6) is -1.32. The smallest absolute Gasteiger partial charge is 0.411 e. The van der Waals surface area contributed by atoms with E-state index in [4.69, 9.17) is 9.84 Å². The van der Waals surface area contributed by atoms with Gasteiger partial charge in [-0.2, -0.15) is 0 Å². The van der Waals surface area contributed by atoms with Gasteiger partial charge in [0.25, 0.3) is 0 Å². The summed E-state index contributed by atoms with van der Waals surface area (Å²) in [4.78, 5) is 41.6. The van der Waals surface area contributed by atoms with Crippen LogP contribution in [0.2, 0.25) is 0 Å². The number of pyridine rings is 1. The number of nitrogens with zero attached hydrogens (tertiary/aromatic N) is 2. The van der Waals surface area contributed by atoms with E-state index in [1.54, 1.807) is 12.1 Å². The zero-order valence-corrected chi connectivity index (χ0v) is 19.0. The van der Waals surface area contributed by atoms with Crippen molar-refractivity contribution in [3.63, 3.8) is 0 Å². The Labute approximate surface area is 202 Å². The van der Waals surface area contributed by atoms with Crippen LogP contribution in [0.3, 0.4) is 0 Å². The Morgan fingerprint density at radius 1 is 0.971 bits per heavy atom. The molecule has 178 valence electrons. The molecule has 0 radical (unpaired) electrons. The van der Waals surface area contributed by atoms with E-state index in [0.29, 0.717) is 11.4 Å². The maximum atomic E-state index is 12.5. The summed E-state index contributed by atoms with van der Waals surface area (Å²) >= 11 is 0. The van der Waals surface area contributed by atoms with Crippen molar-refractivity contribution >= 4 is 23.7 Å². The van der Waals surface area contributed by atoms with Crippen LogP contribution in [0, 0.1) is 0 Å². The van der Waals surface area contributed by atoms with Gasteiger partial charge in [-0.1, -0.05) is 48.5 Å². The molecule has 0 aliphatic heterocycles. The SMILES string of the molecule is O=C(O)CN(C(=O)Cc1ccc(NC(=O)OCC2c3ccccc3-c3ccccc32)cn1)C1CC1. The summed E-state index contributed by atoms with van der Waals surface area (Å²) in [6, 6.07) is 19.6. The van der Waals surface area contributed by atoms with Crippen LogP contribution in [0.1, 0.15) is 35.6 Å². The maximum Gasteiger partial charge on any atom is 0.411 e. The van der Waals surface area contributed by atoms with Crippen LogP contribution in [0.5, 0.6) is 0 Å². The van der Waals surface area contributed by atoms with E-state index in [9.17, 15) is 14.4 Å². The van der Waals surface area contributed by atoms with E-state index >= 15 is 0 Å². The number of aliphatic carboxylic acids is 1. The van der Waals surface area contributed by atoms with Crippen LogP contribution in [-0.2, 0) is 20.7 Å². The first-order valence-corrected chi connectivity index (χ1v) is 11.6. The van der Waals surface area contributed by atoms with E-state index in [1.165, 1.54) is 11.1 Å². The minimum atomic E-state index is -1.03. The van der Waals surface area contributed by atoms with Crippen molar-refractivity contribution < 1.29 is 24.2 Å². The summed E-state index contributed by atoms with van der Waals surface area (Å²) in [6.45, 7) is -0.0919. The fourth-order valence-corrected chi connectivity index (χ4v) is 4.56. The molecule has 0 saturated heterocycles. The van der Waals surface area contributed by atoms with E-state index < -0.39 is 12.1 Å². The number of fused-ring (bicyclic) bond motifs is 3. The molecule has 2 aliphatic carbocycles. The van der Waals surface area contributed by atoms with E-state index in [-0.39, 0.29) is 37.4 Å². The van der Waals surface area contributed by atoms with Crippen molar-refractivity contribution in [2.24, 2.45) is 0 Å². The first-order valence-electron chi connectivity index (χ1n) is 11.6. The van der Waals surface area contributed by atoms with Gasteiger partial charge in [-0.15, -0.1) is 0 Å². The average Bonchev–Trinajstić information content (AvgIpc) is 3.65. The molecule has 35 heavy (non-hydrogen) atoms. The number of rotatable bonds is 8. The van der Waals surface area contributed by atoms with Crippen molar-refractivity contribution in [2.75, 3.05) is 18.5 Å². The quantitative estimate of drug-likeness (QED) is 0.513. The number of hydrogen-bond donors (Lipinski definition) is 2. The van der Waals surface area contributed by atoms with Crippen LogP contribution in [0.4, 0.5) is 10.5 Å². The van der Waals surface area contributed by atoms with Crippen molar-refractivity contribution in [2.45, 2.75) is 31.2 Å². The molecule has 2 aromatic carbocycles. The molecule has 1 heterocycles. The number of hydrogen-bond acceptors (Lipinski definition) is 5. The number of anilines is 1. The van der Waals surface area contributed by atoms with Gasteiger partial charge in [0, 0.05) is 17.7 Å². The second kappa shape index (κ2) is 9.58. The highest BCUT2D eigenvalue weighted by Gasteiger charge is 2.34. The van der Waals surface area contributed by atoms with Crippen LogP contribution >= 0.6 is 0 Å². The molecule has 8 heteroatoms. The number of amides is 2. The first-order chi connectivity index (χ1) is 17.0. The van der Waals surface area contributed by atoms with Crippen LogP contribution in [0.15, 0.2) is 66.9 Å². The van der Waals surface area contributed by atoms with Crippen LogP contribution in [0.25, 0.3) is 11.1 Å². The minimum absolute atomic E-state index is 0.00751. The molecule has 2 aliphatic rings. The second-order valence-electron chi connectivity index (χ2n) is 8.81. The molecule has 1 saturated carbocycles. The first kappa shape index (κ1) is 22.6. The maximum absolute atomic E-state index is 12.5. The number of nitrogens with one attached hydrogen (secondary N) is 1. The lowest BCUT2D eigenvalue weighted by Crippen LogP contribution is -2.38. The number of carbonyl (C=O) groups is 3. The lowest BCUT2D eigenvalue weighted by molar-refractivity contribution is -0.144. The molecule has 8 nitrogen and oxygen atoms in total. The van der Waals surface area contributed by atoms with Gasteiger partial charge in [0.15, 0.2) is 0 Å². The number of aromatic nitrogens is 1. The average molecular weight is 472 g/mol. The molecule has 0 bridgehead atoms. The molecule has 0 unspecified atom stereocenters. The lowest BCUT2D eigenvalue weighted by Gasteiger charge is -2.20. The third-order valence-electron chi connectivity index (χ3n) is 6.36. The van der Waals surface area contributed by atoms with Gasteiger partial charge in [0.2, 0.25) is 5.91 Å². The molecular formula is C27H25N3O5. The van der Waals surface area contributed by atoms with Gasteiger partial charge in [-0.05, 0) is 47.2 Å². The molecule has 5 rings (SSSR count). The van der Waals surface area contributed by atoms with Gasteiger partial charge in [0.05, 0.1) is 18.3 Å². The Morgan fingerprint density at radius 2 is 1.63 bits per heavy atom. The fraction of sp³-hybridized carbons (Fsp3) is 0.259. The van der Waals surface area contributed by atoms with Crippen molar-refractivity contribution in [1.82, 2.24) is 9.88 Å². The molecule has 3 aromatic rings. The van der Waals surface area contributed by atoms with Crippen LogP contribution < -0.4 is 5.32 Å². The third-order valence-corrected chi connectivity index (χ3v) is 6.36. The van der Waals surface area contributed by atoms with E-state index in [1.807, 2.05) is 24.3 Å². The lowest BCUT2D eigenvalue weighted by atomic mass is 9.98. The summed E-state index contributed by atoms with van der Waals surface area (Å²) < 4.78 is 5.55. The largest absolute Gasteiger partial charge is 0.480 e. The number of carboxylic acids is 1. The molecule has 0 atom stereocenters. The van der Waals surface area contributed by atoms with Gasteiger partial charge < -0.3 is 14.7 Å². The van der Waals surface area contributed by atoms with Gasteiger partial charge in [-0.3, -0.25) is 19.9 Å². The monoisotopic (exact) mass is 471 g/mol. The highest BCUT2D eigenvalue weighted by molar-refractivity contribution is 5.85. The Hall–Kier alpha value is -4.20. The second-order valence-corrected chi connectivity index (χ2v) is 8.81. The van der Waals surface area contributed by atoms with Crippen molar-refractivity contribution in [3.8, 4) is 11.1 Å². The summed E-state index contributed by atoms with van der Waals surface area (Å²) in [7, 11) is 0. The summed E-state index contributed by atoms with van der Waals surface area (Å²) in [5.41, 5.74) is 5.55. The Morgan fingerprint density at radius 3 is 2.20 bits per heavy atom. The molecular weight excluding hydrogens is 446 g/mol. The van der Waals surface area contributed by atoms with Gasteiger partial charge in [-0.25, -0.2) is 4.79 Å². The van der Waals surface area contributed by atoms with Crippen molar-refractivity contribution in [3.05, 3.63) is 83.7 Å². The van der Waals surface area contributed by atoms with E-state index in [2.05, 4.69) is 34.6 Å². The Kier molecular flexibility index (Phi) is 6.18. The number of ether oxygens (including phenoxy) is 1. The Bertz CT molecular complexity index is 1220. The number of benzene rings is 2. The minimum Gasteiger partial charge on any atom is -0.480 e. The summed E-state index contributed by atoms with van der Waals surface area (Å²) in [5, 5.41) is 11.7. The molecule has 0 spiro atoms. The highest BCUT2D eigenvalue weighted by Crippen LogP contribution is 2.44. The van der Waals surface area contributed by atoms with E-state index in [0.717, 1.165) is 35.1 Å². The van der Waals surface area contributed by atoms with Crippen molar-refractivity contribution in [1.29, 1.82) is 0 Å². The topological polar surface area (TPSA) is 109 Å². The molecule has 2 amide bonds.